The largest absolute Gasteiger partial charge is 0.479 e. The Labute approximate surface area is 210 Å². The smallest absolute Gasteiger partial charge is 0.367 e. The molecule has 190 valence electrons. The third kappa shape index (κ3) is 6.14. The van der Waals surface area contributed by atoms with Gasteiger partial charge in [-0.2, -0.15) is 0 Å². The third-order valence-electron chi connectivity index (χ3n) is 5.16. The molecule has 4 rings (SSSR count). The number of hydrogen-bond donors (Lipinski definition) is 2. The summed E-state index contributed by atoms with van der Waals surface area (Å²) in [5.41, 5.74) is 3.27. The molecule has 0 radical (unpaired) electrons. The van der Waals surface area contributed by atoms with Gasteiger partial charge in [-0.15, -0.1) is 0 Å². The fraction of sp³-hybridized carbons (Fsp3) is 0.240. The topological polar surface area (TPSA) is 116 Å². The lowest BCUT2D eigenvalue weighted by atomic mass is 10.1. The fourth-order valence-corrected chi connectivity index (χ4v) is 5.65. The van der Waals surface area contributed by atoms with Gasteiger partial charge in [0.25, 0.3) is 0 Å². The Morgan fingerprint density at radius 2 is 1.47 bits per heavy atom. The van der Waals surface area contributed by atoms with E-state index in [9.17, 15) is 13.0 Å². The van der Waals surface area contributed by atoms with Crippen molar-refractivity contribution in [3.63, 3.8) is 0 Å². The first-order valence-corrected chi connectivity index (χ1v) is 15.0. The van der Waals surface area contributed by atoms with Crippen LogP contribution in [0, 0.1) is 0 Å². The first-order chi connectivity index (χ1) is 17.2. The van der Waals surface area contributed by atoms with Crippen molar-refractivity contribution in [3.8, 4) is 5.75 Å². The van der Waals surface area contributed by atoms with Crippen LogP contribution < -0.4 is 14.8 Å². The molecule has 3 aromatic carbocycles. The second-order valence-electron chi connectivity index (χ2n) is 7.95. The summed E-state index contributed by atoms with van der Waals surface area (Å²) in [5, 5.41) is 5.23. The van der Waals surface area contributed by atoms with Gasteiger partial charge in [0.15, 0.2) is 6.35 Å². The Bertz CT molecular complexity index is 1480. The Morgan fingerprint density at radius 3 is 2.03 bits per heavy atom. The van der Waals surface area contributed by atoms with Crippen LogP contribution in [-0.2, 0) is 23.6 Å². The maximum Gasteiger partial charge on any atom is 0.367 e. The van der Waals surface area contributed by atoms with E-state index in [4.69, 9.17) is 18.8 Å². The molecule has 2 N–H and O–H groups in total. The minimum absolute atomic E-state index is 0.191. The minimum Gasteiger partial charge on any atom is -0.479 e. The van der Waals surface area contributed by atoms with Crippen LogP contribution in [0.15, 0.2) is 66.7 Å². The molecule has 1 aromatic heterocycles. The summed E-state index contributed by atoms with van der Waals surface area (Å²) in [6.07, 6.45) is 0.719. The van der Waals surface area contributed by atoms with Crippen LogP contribution in [0.1, 0.15) is 13.8 Å². The number of fused-ring (bicyclic) bond motifs is 2. The maximum absolute atomic E-state index is 13.0. The van der Waals surface area contributed by atoms with E-state index in [1.165, 1.54) is 6.07 Å². The zero-order valence-electron chi connectivity index (χ0n) is 20.2. The number of rotatable bonds is 11. The van der Waals surface area contributed by atoms with Gasteiger partial charge < -0.3 is 19.1 Å². The summed E-state index contributed by atoms with van der Waals surface area (Å²) >= 11 is 0. The molecule has 4 aromatic rings. The number of benzene rings is 3. The number of aromatic nitrogens is 1. The molecule has 0 aliphatic carbocycles. The molecule has 0 aliphatic rings. The molecule has 1 heterocycles. The molecule has 9 nitrogen and oxygen atoms in total. The van der Waals surface area contributed by atoms with Crippen LogP contribution in [0.25, 0.3) is 21.8 Å². The molecule has 0 spiro atoms. The van der Waals surface area contributed by atoms with Gasteiger partial charge in [-0.25, -0.2) is 13.4 Å². The van der Waals surface area contributed by atoms with Gasteiger partial charge in [0, 0.05) is 16.8 Å². The van der Waals surface area contributed by atoms with Gasteiger partial charge in [0.05, 0.1) is 47.6 Å². The Hall–Kier alpha value is -3.17. The highest BCUT2D eigenvalue weighted by Gasteiger charge is 2.25. The summed E-state index contributed by atoms with van der Waals surface area (Å²) in [6, 6.07) is 20.4. The van der Waals surface area contributed by atoms with Crippen molar-refractivity contribution in [3.05, 3.63) is 66.7 Å². The van der Waals surface area contributed by atoms with Gasteiger partial charge >= 0.3 is 7.60 Å². The van der Waals surface area contributed by atoms with Crippen LogP contribution in [0.3, 0.4) is 0 Å². The average molecular weight is 530 g/mol. The van der Waals surface area contributed by atoms with E-state index in [-0.39, 0.29) is 25.3 Å². The number of nitrogens with one attached hydrogen (secondary N) is 2. The molecular formula is C25H28N3O6PS. The van der Waals surface area contributed by atoms with Crippen LogP contribution >= 0.6 is 7.60 Å². The van der Waals surface area contributed by atoms with Crippen LogP contribution in [0.4, 0.5) is 17.1 Å². The predicted octanol–water partition coefficient (Wildman–Crippen LogP) is 6.11. The molecule has 0 atom stereocenters. The van der Waals surface area contributed by atoms with E-state index < -0.39 is 17.6 Å². The van der Waals surface area contributed by atoms with E-state index in [1.807, 2.05) is 48.5 Å². The molecular weight excluding hydrogens is 501 g/mol. The molecule has 0 unspecified atom stereocenters. The second-order valence-corrected chi connectivity index (χ2v) is 11.7. The van der Waals surface area contributed by atoms with Crippen molar-refractivity contribution in [1.82, 2.24) is 4.98 Å². The highest BCUT2D eigenvalue weighted by Crippen LogP contribution is 2.49. The second kappa shape index (κ2) is 10.8. The Balaban J connectivity index is 1.79. The van der Waals surface area contributed by atoms with Gasteiger partial charge in [-0.05, 0) is 38.1 Å². The van der Waals surface area contributed by atoms with E-state index in [1.54, 1.807) is 26.0 Å². The number of hydrogen-bond acceptors (Lipinski definition) is 8. The van der Waals surface area contributed by atoms with Crippen molar-refractivity contribution in [2.45, 2.75) is 13.8 Å². The van der Waals surface area contributed by atoms with Crippen LogP contribution in [-0.4, -0.2) is 39.2 Å². The Kier molecular flexibility index (Phi) is 7.80. The highest BCUT2D eigenvalue weighted by atomic mass is 32.2. The number of pyridine rings is 1. The Morgan fingerprint density at radius 1 is 0.889 bits per heavy atom. The summed E-state index contributed by atoms with van der Waals surface area (Å²) < 4.78 is 55.7. The van der Waals surface area contributed by atoms with E-state index in [0.717, 1.165) is 33.7 Å². The van der Waals surface area contributed by atoms with Crippen molar-refractivity contribution in [1.29, 1.82) is 0 Å². The number of anilines is 3. The van der Waals surface area contributed by atoms with Gasteiger partial charge in [0.1, 0.15) is 5.75 Å². The molecule has 0 saturated heterocycles. The fourth-order valence-electron chi connectivity index (χ4n) is 3.79. The summed E-state index contributed by atoms with van der Waals surface area (Å²) in [6.45, 7) is 3.82. The normalized spacial score (nSPS) is 12.1. The third-order valence-corrected chi connectivity index (χ3v) is 7.52. The predicted molar refractivity (Wildman–Crippen MR) is 144 cm³/mol. The molecule has 0 bridgehead atoms. The van der Waals surface area contributed by atoms with Crippen molar-refractivity contribution in [2.75, 3.05) is 35.9 Å². The van der Waals surface area contributed by atoms with E-state index in [2.05, 4.69) is 10.0 Å². The van der Waals surface area contributed by atoms with Gasteiger partial charge in [0.2, 0.25) is 10.0 Å². The summed E-state index contributed by atoms with van der Waals surface area (Å²) in [7, 11) is -7.04. The summed E-state index contributed by atoms with van der Waals surface area (Å²) in [4.78, 5) is 4.75. The molecule has 0 saturated carbocycles. The number of ether oxygens (including phenoxy) is 1. The lowest BCUT2D eigenvalue weighted by Crippen LogP contribution is -2.11. The van der Waals surface area contributed by atoms with Crippen LogP contribution in [0.5, 0.6) is 5.75 Å². The van der Waals surface area contributed by atoms with E-state index >= 15 is 0 Å². The molecule has 11 heteroatoms. The zero-order chi connectivity index (χ0) is 25.8. The first-order valence-electron chi connectivity index (χ1n) is 11.4. The molecule has 0 amide bonds. The lowest BCUT2D eigenvalue weighted by Gasteiger charge is -2.20. The lowest BCUT2D eigenvalue weighted by molar-refractivity contribution is 0.197. The van der Waals surface area contributed by atoms with Gasteiger partial charge in [-0.3, -0.25) is 9.29 Å². The highest BCUT2D eigenvalue weighted by molar-refractivity contribution is 7.92. The summed E-state index contributed by atoms with van der Waals surface area (Å²) in [5.74, 6) is 0.272. The number of sulfonamides is 1. The first kappa shape index (κ1) is 25.9. The standard InChI is InChI=1S/C25H28N3O6PS/c1-4-33-35(29,34-5-2)17-32-24-16-18(28-36(3,30)31)14-15-23(24)27-25-19-10-6-8-12-21(19)26-22-13-9-7-11-20(22)25/h6-16,28H,4-5,17H2,1-3H3,(H,26,27). The maximum atomic E-state index is 13.0. The van der Waals surface area contributed by atoms with Gasteiger partial charge in [-0.1, -0.05) is 36.4 Å². The molecule has 0 fully saturated rings. The zero-order valence-corrected chi connectivity index (χ0v) is 21.9. The van der Waals surface area contributed by atoms with Crippen molar-refractivity contribution < 1.29 is 26.8 Å². The minimum atomic E-state index is -3.52. The average Bonchev–Trinajstić information content (AvgIpc) is 2.83. The number of nitrogens with zero attached hydrogens (tertiary/aromatic N) is 1. The van der Waals surface area contributed by atoms with E-state index in [0.29, 0.717) is 11.4 Å². The molecule has 0 aliphatic heterocycles. The van der Waals surface area contributed by atoms with Crippen molar-refractivity contribution in [2.24, 2.45) is 0 Å². The monoisotopic (exact) mass is 529 g/mol. The number of para-hydroxylation sites is 2. The SMILES string of the molecule is CCOP(=O)(COc1cc(NS(C)(=O)=O)ccc1Nc1c2ccccc2nc2ccccc12)OCC. The van der Waals surface area contributed by atoms with Crippen LogP contribution in [0.2, 0.25) is 0 Å². The quantitative estimate of drug-likeness (QED) is 0.177. The van der Waals surface area contributed by atoms with Crippen molar-refractivity contribution >= 4 is 56.5 Å². The molecule has 36 heavy (non-hydrogen) atoms.